The standard InChI is InChI=1S/C15H22N4O2/c16-12-2-3-13-14(10-12)21-15(17-13)11-19-5-1-4-18(6-7-19)8-9-20/h2-3,10,20H,1,4-9,11,16H2. The molecule has 0 spiro atoms. The van der Waals surface area contributed by atoms with Crippen LogP contribution in [0.5, 0.6) is 0 Å². The van der Waals surface area contributed by atoms with Crippen LogP contribution in [-0.2, 0) is 6.54 Å². The fourth-order valence-electron chi connectivity index (χ4n) is 2.80. The lowest BCUT2D eigenvalue weighted by molar-refractivity contribution is 0.193. The Morgan fingerprint density at radius 2 is 2.00 bits per heavy atom. The summed E-state index contributed by atoms with van der Waals surface area (Å²) in [7, 11) is 0. The van der Waals surface area contributed by atoms with Gasteiger partial charge in [0.1, 0.15) is 5.52 Å². The molecular weight excluding hydrogens is 268 g/mol. The van der Waals surface area contributed by atoms with Gasteiger partial charge < -0.3 is 15.3 Å². The average Bonchev–Trinajstić information content (AvgIpc) is 2.72. The number of oxazole rings is 1. The minimum atomic E-state index is 0.229. The van der Waals surface area contributed by atoms with Crippen molar-refractivity contribution in [2.24, 2.45) is 0 Å². The Balaban J connectivity index is 1.64. The zero-order valence-electron chi connectivity index (χ0n) is 12.2. The highest BCUT2D eigenvalue weighted by atomic mass is 16.3. The SMILES string of the molecule is Nc1ccc2nc(CN3CCCN(CCO)CC3)oc2c1. The second-order valence-electron chi connectivity index (χ2n) is 5.53. The number of anilines is 1. The summed E-state index contributed by atoms with van der Waals surface area (Å²) in [5.74, 6) is 0.742. The molecule has 0 atom stereocenters. The molecule has 1 fully saturated rings. The molecule has 0 unspecified atom stereocenters. The first-order valence-corrected chi connectivity index (χ1v) is 7.45. The summed E-state index contributed by atoms with van der Waals surface area (Å²) in [4.78, 5) is 9.17. The first-order chi connectivity index (χ1) is 10.2. The molecule has 1 saturated heterocycles. The molecule has 0 radical (unpaired) electrons. The van der Waals surface area contributed by atoms with Crippen molar-refractivity contribution in [1.82, 2.24) is 14.8 Å². The molecular formula is C15H22N4O2. The first kappa shape index (κ1) is 14.3. The predicted molar refractivity (Wildman–Crippen MR) is 81.8 cm³/mol. The van der Waals surface area contributed by atoms with Gasteiger partial charge in [0.2, 0.25) is 5.89 Å². The second-order valence-corrected chi connectivity index (χ2v) is 5.53. The van der Waals surface area contributed by atoms with Crippen molar-refractivity contribution in [3.63, 3.8) is 0 Å². The van der Waals surface area contributed by atoms with Crippen molar-refractivity contribution in [1.29, 1.82) is 0 Å². The Labute approximate surface area is 124 Å². The van der Waals surface area contributed by atoms with E-state index in [-0.39, 0.29) is 6.61 Å². The van der Waals surface area contributed by atoms with Crippen LogP contribution in [0.2, 0.25) is 0 Å². The number of nitrogens with zero attached hydrogens (tertiary/aromatic N) is 3. The van der Waals surface area contributed by atoms with E-state index in [0.29, 0.717) is 5.69 Å². The van der Waals surface area contributed by atoms with E-state index in [1.54, 1.807) is 0 Å². The molecule has 2 heterocycles. The Morgan fingerprint density at radius 3 is 2.86 bits per heavy atom. The third-order valence-electron chi connectivity index (χ3n) is 3.91. The molecule has 3 N–H and O–H groups in total. The monoisotopic (exact) mass is 290 g/mol. The highest BCUT2D eigenvalue weighted by Gasteiger charge is 2.16. The van der Waals surface area contributed by atoms with Crippen LogP contribution in [-0.4, -0.2) is 59.2 Å². The predicted octanol–water partition coefficient (Wildman–Crippen LogP) is 0.910. The summed E-state index contributed by atoms with van der Waals surface area (Å²) in [6, 6.07) is 5.55. The van der Waals surface area contributed by atoms with Gasteiger partial charge in [0.15, 0.2) is 5.58 Å². The summed E-state index contributed by atoms with van der Waals surface area (Å²) in [5.41, 5.74) is 8.06. The number of rotatable bonds is 4. The third-order valence-corrected chi connectivity index (χ3v) is 3.91. The topological polar surface area (TPSA) is 78.8 Å². The molecule has 0 aliphatic carbocycles. The van der Waals surface area contributed by atoms with Gasteiger partial charge in [-0.05, 0) is 31.6 Å². The number of benzene rings is 1. The normalized spacial score (nSPS) is 18.1. The summed E-state index contributed by atoms with van der Waals surface area (Å²) in [6.45, 7) is 5.74. The third kappa shape index (κ3) is 3.53. The number of hydrogen-bond acceptors (Lipinski definition) is 6. The van der Waals surface area contributed by atoms with Crippen LogP contribution in [0, 0.1) is 0 Å². The molecule has 6 nitrogen and oxygen atoms in total. The van der Waals surface area contributed by atoms with Crippen molar-refractivity contribution in [2.75, 3.05) is 45.1 Å². The quantitative estimate of drug-likeness (QED) is 0.815. The van der Waals surface area contributed by atoms with Crippen LogP contribution in [0.3, 0.4) is 0 Å². The van der Waals surface area contributed by atoms with E-state index >= 15 is 0 Å². The molecule has 0 saturated carbocycles. The minimum absolute atomic E-state index is 0.229. The Morgan fingerprint density at radius 1 is 1.19 bits per heavy atom. The lowest BCUT2D eigenvalue weighted by Gasteiger charge is -2.19. The average molecular weight is 290 g/mol. The van der Waals surface area contributed by atoms with Gasteiger partial charge >= 0.3 is 0 Å². The lowest BCUT2D eigenvalue weighted by atomic mass is 10.3. The van der Waals surface area contributed by atoms with Gasteiger partial charge in [-0.3, -0.25) is 9.80 Å². The fraction of sp³-hybridized carbons (Fsp3) is 0.533. The van der Waals surface area contributed by atoms with Gasteiger partial charge in [0.25, 0.3) is 0 Å². The maximum Gasteiger partial charge on any atom is 0.209 e. The van der Waals surface area contributed by atoms with Gasteiger partial charge in [-0.15, -0.1) is 0 Å². The number of aromatic nitrogens is 1. The van der Waals surface area contributed by atoms with Crippen molar-refractivity contribution in [2.45, 2.75) is 13.0 Å². The molecule has 2 aromatic rings. The molecule has 6 heteroatoms. The molecule has 114 valence electrons. The number of aliphatic hydroxyl groups excluding tert-OH is 1. The smallest absolute Gasteiger partial charge is 0.209 e. The van der Waals surface area contributed by atoms with Crippen LogP contribution in [0.25, 0.3) is 11.1 Å². The molecule has 3 rings (SSSR count). The van der Waals surface area contributed by atoms with E-state index in [2.05, 4.69) is 14.8 Å². The van der Waals surface area contributed by atoms with Gasteiger partial charge in [0, 0.05) is 31.4 Å². The zero-order valence-corrected chi connectivity index (χ0v) is 12.2. The zero-order chi connectivity index (χ0) is 14.7. The Hall–Kier alpha value is -1.63. The molecule has 1 aromatic heterocycles. The maximum atomic E-state index is 9.02. The number of fused-ring (bicyclic) bond motifs is 1. The highest BCUT2D eigenvalue weighted by molar-refractivity contribution is 5.76. The molecule has 1 aliphatic rings. The first-order valence-electron chi connectivity index (χ1n) is 7.45. The van der Waals surface area contributed by atoms with E-state index in [1.807, 2.05) is 18.2 Å². The summed E-state index contributed by atoms with van der Waals surface area (Å²) >= 11 is 0. The molecule has 1 aliphatic heterocycles. The van der Waals surface area contributed by atoms with E-state index in [9.17, 15) is 0 Å². The van der Waals surface area contributed by atoms with Crippen LogP contribution >= 0.6 is 0 Å². The van der Waals surface area contributed by atoms with E-state index in [0.717, 1.165) is 62.7 Å². The van der Waals surface area contributed by atoms with Crippen LogP contribution in [0.15, 0.2) is 22.6 Å². The number of nitrogen functional groups attached to an aromatic ring is 1. The summed E-state index contributed by atoms with van der Waals surface area (Å²) in [6.07, 6.45) is 1.10. The van der Waals surface area contributed by atoms with Crippen molar-refractivity contribution < 1.29 is 9.52 Å². The Kier molecular flexibility index (Phi) is 4.38. The number of nitrogens with two attached hydrogens (primary N) is 1. The van der Waals surface area contributed by atoms with Gasteiger partial charge in [-0.1, -0.05) is 0 Å². The van der Waals surface area contributed by atoms with Crippen molar-refractivity contribution in [3.05, 3.63) is 24.1 Å². The van der Waals surface area contributed by atoms with Gasteiger partial charge in [-0.25, -0.2) is 4.98 Å². The Bertz CT molecular complexity index is 598. The van der Waals surface area contributed by atoms with Crippen LogP contribution in [0.1, 0.15) is 12.3 Å². The lowest BCUT2D eigenvalue weighted by Crippen LogP contribution is -2.32. The van der Waals surface area contributed by atoms with E-state index < -0.39 is 0 Å². The molecule has 1 aromatic carbocycles. The van der Waals surface area contributed by atoms with Crippen LogP contribution in [0.4, 0.5) is 5.69 Å². The molecule has 0 bridgehead atoms. The van der Waals surface area contributed by atoms with E-state index in [1.165, 1.54) is 0 Å². The van der Waals surface area contributed by atoms with Gasteiger partial charge in [-0.2, -0.15) is 0 Å². The highest BCUT2D eigenvalue weighted by Crippen LogP contribution is 2.19. The fourth-order valence-corrected chi connectivity index (χ4v) is 2.80. The summed E-state index contributed by atoms with van der Waals surface area (Å²) in [5, 5.41) is 9.02. The molecule has 21 heavy (non-hydrogen) atoms. The summed E-state index contributed by atoms with van der Waals surface area (Å²) < 4.78 is 5.78. The largest absolute Gasteiger partial charge is 0.439 e. The van der Waals surface area contributed by atoms with E-state index in [4.69, 9.17) is 15.3 Å². The number of β-amino-alcohol motifs (C(OH)–C–C–N with tert-alkyl or cyclic N) is 1. The minimum Gasteiger partial charge on any atom is -0.439 e. The number of aliphatic hydroxyl groups is 1. The maximum absolute atomic E-state index is 9.02. The van der Waals surface area contributed by atoms with Crippen molar-refractivity contribution >= 4 is 16.8 Å². The number of hydrogen-bond donors (Lipinski definition) is 2. The van der Waals surface area contributed by atoms with Crippen LogP contribution < -0.4 is 5.73 Å². The van der Waals surface area contributed by atoms with Gasteiger partial charge in [0.05, 0.1) is 13.2 Å². The molecule has 0 amide bonds. The second kappa shape index (κ2) is 6.43. The van der Waals surface area contributed by atoms with Crippen molar-refractivity contribution in [3.8, 4) is 0 Å².